The molecule has 0 bridgehead atoms. The lowest BCUT2D eigenvalue weighted by atomic mass is 10.4. The summed E-state index contributed by atoms with van der Waals surface area (Å²) >= 11 is 0. The summed E-state index contributed by atoms with van der Waals surface area (Å²) in [5, 5.41) is 0. The number of hydrogen-bond donors (Lipinski definition) is 1. The predicted octanol–water partition coefficient (Wildman–Crippen LogP) is 1.84. The average molecular weight is 309 g/mol. The molecule has 1 aromatic heterocycles. The Hall–Kier alpha value is -0.850. The summed E-state index contributed by atoms with van der Waals surface area (Å²) < 4.78 is 29.8. The smallest absolute Gasteiger partial charge is 0.244 e. The molecule has 3 aliphatic carbocycles. The van der Waals surface area contributed by atoms with Crippen LogP contribution in [-0.2, 0) is 16.6 Å². The molecule has 6 heteroatoms. The Morgan fingerprint density at radius 2 is 1.90 bits per heavy atom. The van der Waals surface area contributed by atoms with Crippen LogP contribution in [0.5, 0.6) is 0 Å². The van der Waals surface area contributed by atoms with Crippen LogP contribution in [0.3, 0.4) is 0 Å². The van der Waals surface area contributed by atoms with Gasteiger partial charge < -0.3 is 10.3 Å². The fourth-order valence-electron chi connectivity index (χ4n) is 2.99. The lowest BCUT2D eigenvalue weighted by Crippen LogP contribution is -2.34. The zero-order valence-corrected chi connectivity index (χ0v) is 13.1. The van der Waals surface area contributed by atoms with Gasteiger partial charge >= 0.3 is 0 Å². The van der Waals surface area contributed by atoms with Gasteiger partial charge in [-0.05, 0) is 50.5 Å². The molecule has 3 fully saturated rings. The summed E-state index contributed by atoms with van der Waals surface area (Å²) in [6, 6.07) is 2.49. The average Bonchev–Trinajstić information content (AvgIpc) is 3.31. The molecule has 2 N–H and O–H groups in total. The second-order valence-electron chi connectivity index (χ2n) is 6.76. The van der Waals surface area contributed by atoms with Crippen LogP contribution in [0.15, 0.2) is 17.2 Å². The lowest BCUT2D eigenvalue weighted by Gasteiger charge is -2.21. The molecule has 0 aliphatic heterocycles. The molecule has 3 saturated carbocycles. The number of aromatic nitrogens is 1. The molecule has 21 heavy (non-hydrogen) atoms. The van der Waals surface area contributed by atoms with Crippen molar-refractivity contribution in [3.05, 3.63) is 18.0 Å². The van der Waals surface area contributed by atoms with Gasteiger partial charge in [0, 0.05) is 37.1 Å². The largest absolute Gasteiger partial charge is 0.346 e. The highest BCUT2D eigenvalue weighted by molar-refractivity contribution is 7.89. The van der Waals surface area contributed by atoms with E-state index in [-0.39, 0.29) is 6.04 Å². The summed E-state index contributed by atoms with van der Waals surface area (Å²) in [6.45, 7) is 1.11. The zero-order valence-electron chi connectivity index (χ0n) is 12.2. The van der Waals surface area contributed by atoms with Crippen LogP contribution < -0.4 is 5.73 Å². The van der Waals surface area contributed by atoms with E-state index < -0.39 is 10.0 Å². The highest BCUT2D eigenvalue weighted by atomic mass is 32.2. The first kappa shape index (κ1) is 13.8. The minimum Gasteiger partial charge on any atom is -0.346 e. The second-order valence-corrected chi connectivity index (χ2v) is 8.65. The van der Waals surface area contributed by atoms with Crippen LogP contribution in [0.1, 0.15) is 50.3 Å². The third kappa shape index (κ3) is 2.64. The molecule has 0 radical (unpaired) electrons. The Bertz CT molecular complexity index is 640. The molecule has 0 aromatic carbocycles. The van der Waals surface area contributed by atoms with Gasteiger partial charge in [0.1, 0.15) is 4.90 Å². The summed E-state index contributed by atoms with van der Waals surface area (Å²) in [5.74, 6) is 0.583. The SMILES string of the molecule is NCc1cc(S(=O)(=O)N(CC2CC2)C2CC2)cn1C1CC1. The number of nitrogens with zero attached hydrogens (tertiary/aromatic N) is 2. The van der Waals surface area contributed by atoms with Crippen LogP contribution in [-0.4, -0.2) is 29.9 Å². The molecular weight excluding hydrogens is 286 g/mol. The molecule has 3 aliphatic rings. The zero-order chi connectivity index (χ0) is 14.6. The van der Waals surface area contributed by atoms with Crippen molar-refractivity contribution in [1.29, 1.82) is 0 Å². The van der Waals surface area contributed by atoms with E-state index in [0.717, 1.165) is 31.4 Å². The Balaban J connectivity index is 1.65. The van der Waals surface area contributed by atoms with Crippen LogP contribution in [0.2, 0.25) is 0 Å². The minimum atomic E-state index is -3.35. The van der Waals surface area contributed by atoms with E-state index >= 15 is 0 Å². The molecule has 0 unspecified atom stereocenters. The quantitative estimate of drug-likeness (QED) is 0.835. The van der Waals surface area contributed by atoms with Gasteiger partial charge in [-0.1, -0.05) is 0 Å². The van der Waals surface area contributed by atoms with E-state index in [0.29, 0.717) is 29.9 Å². The van der Waals surface area contributed by atoms with Crippen molar-refractivity contribution in [2.75, 3.05) is 6.54 Å². The third-order valence-electron chi connectivity index (χ3n) is 4.75. The maximum Gasteiger partial charge on any atom is 0.244 e. The highest BCUT2D eigenvalue weighted by Gasteiger charge is 2.42. The van der Waals surface area contributed by atoms with Gasteiger partial charge in [0.2, 0.25) is 10.0 Å². The summed E-state index contributed by atoms with van der Waals surface area (Å²) in [5.41, 5.74) is 6.73. The molecular formula is C15H23N3O2S. The number of rotatable bonds is 7. The fourth-order valence-corrected chi connectivity index (χ4v) is 4.80. The number of hydrogen-bond acceptors (Lipinski definition) is 3. The normalized spacial score (nSPS) is 23.0. The molecule has 116 valence electrons. The van der Waals surface area contributed by atoms with Crippen molar-refractivity contribution in [3.8, 4) is 0 Å². The maximum atomic E-state index is 13.0. The fraction of sp³-hybridized carbons (Fsp3) is 0.733. The Kier molecular flexibility index (Phi) is 3.17. The van der Waals surface area contributed by atoms with Gasteiger partial charge in [-0.25, -0.2) is 8.42 Å². The Labute approximate surface area is 126 Å². The van der Waals surface area contributed by atoms with Crippen molar-refractivity contribution in [1.82, 2.24) is 8.87 Å². The van der Waals surface area contributed by atoms with E-state index in [2.05, 4.69) is 4.57 Å². The van der Waals surface area contributed by atoms with Crippen LogP contribution in [0.4, 0.5) is 0 Å². The summed E-state index contributed by atoms with van der Waals surface area (Å²) in [6.07, 6.45) is 8.46. The lowest BCUT2D eigenvalue weighted by molar-refractivity contribution is 0.388. The molecule has 0 saturated heterocycles. The maximum absolute atomic E-state index is 13.0. The minimum absolute atomic E-state index is 0.237. The second kappa shape index (κ2) is 4.83. The van der Waals surface area contributed by atoms with Crippen LogP contribution in [0.25, 0.3) is 0 Å². The molecule has 0 atom stereocenters. The molecule has 1 aromatic rings. The Morgan fingerprint density at radius 1 is 1.19 bits per heavy atom. The van der Waals surface area contributed by atoms with Crippen LogP contribution in [0, 0.1) is 5.92 Å². The van der Waals surface area contributed by atoms with Crippen molar-refractivity contribution in [2.45, 2.75) is 62.0 Å². The van der Waals surface area contributed by atoms with Crippen molar-refractivity contribution >= 4 is 10.0 Å². The molecule has 5 nitrogen and oxygen atoms in total. The monoisotopic (exact) mass is 309 g/mol. The highest BCUT2D eigenvalue weighted by Crippen LogP contribution is 2.40. The summed E-state index contributed by atoms with van der Waals surface area (Å²) in [4.78, 5) is 0.447. The predicted molar refractivity (Wildman–Crippen MR) is 80.2 cm³/mol. The Morgan fingerprint density at radius 3 is 2.43 bits per heavy atom. The van der Waals surface area contributed by atoms with Gasteiger partial charge in [-0.15, -0.1) is 0 Å². The standard InChI is InChI=1S/C15H23N3O2S/c16-8-14-7-15(10-17(14)12-3-4-12)21(19,20)18(13-5-6-13)9-11-1-2-11/h7,10-13H,1-6,8-9,16H2. The first-order valence-corrected chi connectivity index (χ1v) is 9.46. The molecule has 0 amide bonds. The topological polar surface area (TPSA) is 68.3 Å². The van der Waals surface area contributed by atoms with Gasteiger partial charge in [-0.3, -0.25) is 0 Å². The van der Waals surface area contributed by atoms with Crippen molar-refractivity contribution < 1.29 is 8.42 Å². The number of sulfonamides is 1. The van der Waals surface area contributed by atoms with Gasteiger partial charge in [0.25, 0.3) is 0 Å². The summed E-state index contributed by atoms with van der Waals surface area (Å²) in [7, 11) is -3.35. The van der Waals surface area contributed by atoms with Gasteiger partial charge in [-0.2, -0.15) is 4.31 Å². The number of nitrogens with two attached hydrogens (primary N) is 1. The van der Waals surface area contributed by atoms with E-state index in [1.807, 2.05) is 6.20 Å². The van der Waals surface area contributed by atoms with E-state index in [1.54, 1.807) is 10.4 Å². The third-order valence-corrected chi connectivity index (χ3v) is 6.64. The molecule has 1 heterocycles. The van der Waals surface area contributed by atoms with E-state index in [1.165, 1.54) is 12.8 Å². The molecule has 0 spiro atoms. The van der Waals surface area contributed by atoms with E-state index in [4.69, 9.17) is 5.73 Å². The first-order chi connectivity index (χ1) is 10.1. The molecule has 4 rings (SSSR count). The van der Waals surface area contributed by atoms with Gasteiger partial charge in [0.05, 0.1) is 0 Å². The van der Waals surface area contributed by atoms with Crippen molar-refractivity contribution in [3.63, 3.8) is 0 Å². The first-order valence-electron chi connectivity index (χ1n) is 8.02. The van der Waals surface area contributed by atoms with Crippen molar-refractivity contribution in [2.24, 2.45) is 11.7 Å². The van der Waals surface area contributed by atoms with E-state index in [9.17, 15) is 8.42 Å². The van der Waals surface area contributed by atoms with Gasteiger partial charge in [0.15, 0.2) is 0 Å². The van der Waals surface area contributed by atoms with Crippen LogP contribution >= 0.6 is 0 Å².